The molecule has 2 heterocycles. The quantitative estimate of drug-likeness (QED) is 0.111. The van der Waals surface area contributed by atoms with Gasteiger partial charge in [-0.05, 0) is 61.4 Å². The van der Waals surface area contributed by atoms with E-state index in [0.717, 1.165) is 21.7 Å². The number of carbonyl (C=O) groups excluding carboxylic acids is 4. The third-order valence-electron chi connectivity index (χ3n) is 6.39. The maximum atomic E-state index is 13.0. The first kappa shape index (κ1) is 26.5. The second kappa shape index (κ2) is 9.89. The van der Waals surface area contributed by atoms with Crippen LogP contribution in [0.25, 0.3) is 0 Å². The molecule has 0 aromatic heterocycles. The number of nitrogens with zero attached hydrogens (tertiary/aromatic N) is 2. The molecule has 5 rings (SSSR count). The van der Waals surface area contributed by atoms with E-state index in [1.165, 1.54) is 24.3 Å². The number of hydrogen-bond donors (Lipinski definition) is 0. The van der Waals surface area contributed by atoms with E-state index < -0.39 is 23.7 Å². The number of imide groups is 1. The van der Waals surface area contributed by atoms with E-state index in [1.54, 1.807) is 4.90 Å². The van der Waals surface area contributed by atoms with Crippen molar-refractivity contribution < 1.29 is 23.9 Å². The van der Waals surface area contributed by atoms with Crippen molar-refractivity contribution in [2.45, 2.75) is 20.3 Å². The van der Waals surface area contributed by atoms with Crippen LogP contribution in [0.2, 0.25) is 20.1 Å². The van der Waals surface area contributed by atoms with Crippen molar-refractivity contribution in [3.05, 3.63) is 84.8 Å². The third kappa shape index (κ3) is 4.43. The van der Waals surface area contributed by atoms with Crippen molar-refractivity contribution in [1.29, 1.82) is 0 Å². The first-order chi connectivity index (χ1) is 18.0. The summed E-state index contributed by atoms with van der Waals surface area (Å²) in [6.45, 7) is 4.10. The Morgan fingerprint density at radius 3 is 1.84 bits per heavy atom. The number of hydrogen-bond acceptors (Lipinski definition) is 5. The summed E-state index contributed by atoms with van der Waals surface area (Å²) in [7, 11) is 0. The van der Waals surface area contributed by atoms with Gasteiger partial charge in [-0.3, -0.25) is 19.2 Å². The Bertz CT molecular complexity index is 1490. The lowest BCUT2D eigenvalue weighted by atomic mass is 10.1. The Labute approximate surface area is 237 Å². The van der Waals surface area contributed by atoms with Gasteiger partial charge in [-0.15, -0.1) is 0 Å². The lowest BCUT2D eigenvalue weighted by Gasteiger charge is -2.18. The molecule has 3 aromatic carbocycles. The number of benzene rings is 3. The molecule has 0 saturated carbocycles. The number of carbonyl (C=O) groups is 4. The molecule has 194 valence electrons. The van der Waals surface area contributed by atoms with Gasteiger partial charge >= 0.3 is 5.97 Å². The topological polar surface area (TPSA) is 84.0 Å². The van der Waals surface area contributed by atoms with E-state index in [0.29, 0.717) is 0 Å². The van der Waals surface area contributed by atoms with E-state index in [2.05, 4.69) is 0 Å². The van der Waals surface area contributed by atoms with Crippen LogP contribution < -0.4 is 14.5 Å². The second-order valence-electron chi connectivity index (χ2n) is 9.12. The molecule has 0 bridgehead atoms. The zero-order valence-electron chi connectivity index (χ0n) is 20.0. The second-order valence-corrected chi connectivity index (χ2v) is 10.6. The van der Waals surface area contributed by atoms with Crippen LogP contribution >= 0.6 is 46.4 Å². The molecule has 0 radical (unpaired) electrons. The maximum Gasteiger partial charge on any atom is 0.316 e. The number of rotatable bonds is 4. The molecule has 0 aliphatic carbocycles. The maximum absolute atomic E-state index is 13.0. The van der Waals surface area contributed by atoms with Crippen LogP contribution in [0.4, 0.5) is 11.4 Å². The van der Waals surface area contributed by atoms with Gasteiger partial charge in [0.25, 0.3) is 11.8 Å². The molecule has 1 saturated heterocycles. The van der Waals surface area contributed by atoms with Crippen molar-refractivity contribution in [1.82, 2.24) is 0 Å². The smallest absolute Gasteiger partial charge is 0.316 e. The fourth-order valence-corrected chi connectivity index (χ4v) is 5.68. The van der Waals surface area contributed by atoms with E-state index >= 15 is 0 Å². The highest BCUT2D eigenvalue weighted by Gasteiger charge is 2.42. The minimum absolute atomic E-state index is 0.0333. The van der Waals surface area contributed by atoms with Gasteiger partial charge in [-0.2, -0.15) is 0 Å². The molecule has 11 heteroatoms. The highest BCUT2D eigenvalue weighted by atomic mass is 35.5. The number of amides is 3. The van der Waals surface area contributed by atoms with Gasteiger partial charge in [0.15, 0.2) is 0 Å². The monoisotopic (exact) mass is 590 g/mol. The Hall–Kier alpha value is -3.10. The van der Waals surface area contributed by atoms with Crippen LogP contribution in [-0.4, -0.2) is 30.2 Å². The van der Waals surface area contributed by atoms with Gasteiger partial charge in [0.2, 0.25) is 5.91 Å². The van der Waals surface area contributed by atoms with Gasteiger partial charge in [-0.1, -0.05) is 52.5 Å². The normalized spacial score (nSPS) is 16.9. The van der Waals surface area contributed by atoms with Crippen LogP contribution in [0, 0.1) is 19.8 Å². The van der Waals surface area contributed by atoms with Crippen molar-refractivity contribution >= 4 is 81.5 Å². The summed E-state index contributed by atoms with van der Waals surface area (Å²) in [5, 5.41) is -0.570. The molecule has 1 fully saturated rings. The Kier molecular flexibility index (Phi) is 6.90. The molecule has 7 nitrogen and oxygen atoms in total. The molecule has 1 atom stereocenters. The molecule has 3 aromatic rings. The van der Waals surface area contributed by atoms with Crippen LogP contribution in [0.3, 0.4) is 0 Å². The molecular formula is C27H18Cl4N2O5. The van der Waals surface area contributed by atoms with Gasteiger partial charge in [0.05, 0.1) is 42.8 Å². The van der Waals surface area contributed by atoms with Gasteiger partial charge < -0.3 is 9.64 Å². The molecule has 0 N–H and O–H groups in total. The number of halogens is 4. The molecule has 2 aliphatic rings. The number of anilines is 2. The van der Waals surface area contributed by atoms with E-state index in [4.69, 9.17) is 51.1 Å². The van der Waals surface area contributed by atoms with E-state index in [-0.39, 0.29) is 61.5 Å². The largest absolute Gasteiger partial charge is 0.426 e. The number of ether oxygens (including phenoxy) is 1. The fourth-order valence-electron chi connectivity index (χ4n) is 4.67. The number of esters is 1. The van der Waals surface area contributed by atoms with E-state index in [9.17, 15) is 19.2 Å². The molecule has 0 unspecified atom stereocenters. The van der Waals surface area contributed by atoms with Crippen molar-refractivity contribution in [3.8, 4) is 5.75 Å². The lowest BCUT2D eigenvalue weighted by Crippen LogP contribution is -2.29. The SMILES string of the molecule is Cc1cc(C)cc(N2C[C@@H](C(=O)Oc3ccc(N4C(=O)c5c(Cl)c(Cl)c(Cl)c(Cl)c5C4=O)cc3)CC2=O)c1. The summed E-state index contributed by atoms with van der Waals surface area (Å²) in [4.78, 5) is 54.0. The van der Waals surface area contributed by atoms with Gasteiger partial charge in [-0.25, -0.2) is 4.90 Å². The first-order valence-corrected chi connectivity index (χ1v) is 12.9. The van der Waals surface area contributed by atoms with Crippen LogP contribution in [0.15, 0.2) is 42.5 Å². The Morgan fingerprint density at radius 1 is 0.789 bits per heavy atom. The van der Waals surface area contributed by atoms with Crippen LogP contribution in [-0.2, 0) is 9.59 Å². The minimum Gasteiger partial charge on any atom is -0.426 e. The zero-order valence-corrected chi connectivity index (χ0v) is 23.0. The highest BCUT2D eigenvalue weighted by molar-refractivity contribution is 6.56. The van der Waals surface area contributed by atoms with Crippen molar-refractivity contribution in [2.24, 2.45) is 5.92 Å². The summed E-state index contributed by atoms with van der Waals surface area (Å²) >= 11 is 24.5. The summed E-state index contributed by atoms with van der Waals surface area (Å²) in [6.07, 6.45) is 0.0333. The fraction of sp³-hybridized carbons (Fsp3) is 0.185. The summed E-state index contributed by atoms with van der Waals surface area (Å²) in [5.74, 6) is -2.59. The zero-order chi connectivity index (χ0) is 27.5. The Morgan fingerprint density at radius 2 is 1.32 bits per heavy atom. The first-order valence-electron chi connectivity index (χ1n) is 11.4. The van der Waals surface area contributed by atoms with Crippen molar-refractivity contribution in [2.75, 3.05) is 16.3 Å². The standard InChI is InChI=1S/C27H18Cl4N2O5/c1-12-7-13(2)9-16(8-12)32-11-14(10-18(32)34)27(37)38-17-5-3-15(4-6-17)33-25(35)19-20(26(33)36)22(29)24(31)23(30)21(19)28/h3-9,14H,10-11H2,1-2H3/t14-/m0/s1. The minimum atomic E-state index is -0.712. The lowest BCUT2D eigenvalue weighted by molar-refractivity contribution is -0.139. The molecule has 2 aliphatic heterocycles. The van der Waals surface area contributed by atoms with Gasteiger partial charge in [0, 0.05) is 18.7 Å². The molecule has 0 spiro atoms. The van der Waals surface area contributed by atoms with Crippen LogP contribution in [0.1, 0.15) is 38.3 Å². The summed E-state index contributed by atoms with van der Waals surface area (Å²) in [6, 6.07) is 11.6. The number of aryl methyl sites for hydroxylation is 2. The Balaban J connectivity index is 1.31. The average molecular weight is 592 g/mol. The predicted octanol–water partition coefficient (Wildman–Crippen LogP) is 6.68. The van der Waals surface area contributed by atoms with Gasteiger partial charge in [0.1, 0.15) is 5.75 Å². The number of fused-ring (bicyclic) bond motifs is 1. The predicted molar refractivity (Wildman–Crippen MR) is 146 cm³/mol. The molecule has 3 amide bonds. The third-order valence-corrected chi connectivity index (χ3v) is 8.19. The average Bonchev–Trinajstić information content (AvgIpc) is 3.38. The van der Waals surface area contributed by atoms with Crippen LogP contribution in [0.5, 0.6) is 5.75 Å². The summed E-state index contributed by atoms with van der Waals surface area (Å²) < 4.78 is 5.50. The molecule has 38 heavy (non-hydrogen) atoms. The molecular weight excluding hydrogens is 574 g/mol. The van der Waals surface area contributed by atoms with Crippen molar-refractivity contribution in [3.63, 3.8) is 0 Å². The summed E-state index contributed by atoms with van der Waals surface area (Å²) in [5.41, 5.74) is 2.72. The highest BCUT2D eigenvalue weighted by Crippen LogP contribution is 2.45. The van der Waals surface area contributed by atoms with E-state index in [1.807, 2.05) is 32.0 Å².